The van der Waals surface area contributed by atoms with Crippen LogP contribution < -0.4 is 9.62 Å². The topological polar surface area (TPSA) is 104 Å². The molecule has 0 atom stereocenters. The Morgan fingerprint density at radius 2 is 1.85 bits per heavy atom. The van der Waals surface area contributed by atoms with Gasteiger partial charge in [0.05, 0.1) is 11.9 Å². The van der Waals surface area contributed by atoms with Gasteiger partial charge in [0, 0.05) is 24.3 Å². The molecule has 2 aromatic carbocycles. The number of aryl methyl sites for hydroxylation is 1. The molecule has 1 aliphatic rings. The van der Waals surface area contributed by atoms with Gasteiger partial charge in [-0.3, -0.25) is 9.82 Å². The molecule has 0 bridgehead atoms. The van der Waals surface area contributed by atoms with E-state index in [0.29, 0.717) is 22.6 Å². The number of H-pyrrole nitrogens is 1. The summed E-state index contributed by atoms with van der Waals surface area (Å²) in [5.74, 6) is 0.757. The summed E-state index contributed by atoms with van der Waals surface area (Å²) in [5, 5.41) is 7.43. The molecular weight excluding hydrogens is 455 g/mol. The first kappa shape index (κ1) is 22.3. The summed E-state index contributed by atoms with van der Waals surface area (Å²) in [6.07, 6.45) is 3.95. The van der Waals surface area contributed by atoms with Crippen molar-refractivity contribution in [2.45, 2.75) is 31.6 Å². The van der Waals surface area contributed by atoms with E-state index in [1.54, 1.807) is 37.4 Å². The summed E-state index contributed by atoms with van der Waals surface area (Å²) in [4.78, 5) is 11.1. The SMILES string of the molecule is Cc1ccc(F)c(S(=O)(=O)Nc2ccc(-c3cnc4c(N5CCC(C)CC5)n[nH]c4n3)cc2)c1. The number of nitrogens with zero attached hydrogens (tertiary/aromatic N) is 4. The van der Waals surface area contributed by atoms with Gasteiger partial charge >= 0.3 is 0 Å². The van der Waals surface area contributed by atoms with Crippen LogP contribution in [0.5, 0.6) is 0 Å². The molecule has 0 amide bonds. The molecule has 34 heavy (non-hydrogen) atoms. The smallest absolute Gasteiger partial charge is 0.264 e. The van der Waals surface area contributed by atoms with Crippen molar-refractivity contribution in [1.29, 1.82) is 0 Å². The minimum absolute atomic E-state index is 0.321. The Balaban J connectivity index is 1.36. The molecule has 0 spiro atoms. The van der Waals surface area contributed by atoms with Crippen LogP contribution in [0.25, 0.3) is 22.4 Å². The number of hydrogen-bond donors (Lipinski definition) is 2. The molecule has 10 heteroatoms. The number of aromatic amines is 1. The number of halogens is 1. The second-order valence-corrected chi connectivity index (χ2v) is 10.4. The Morgan fingerprint density at radius 1 is 1.12 bits per heavy atom. The normalized spacial score (nSPS) is 15.1. The summed E-state index contributed by atoms with van der Waals surface area (Å²) < 4.78 is 41.8. The van der Waals surface area contributed by atoms with Crippen LogP contribution in [0.4, 0.5) is 15.9 Å². The molecule has 4 aromatic rings. The molecule has 1 aliphatic heterocycles. The highest BCUT2D eigenvalue weighted by molar-refractivity contribution is 7.92. The zero-order valence-electron chi connectivity index (χ0n) is 18.9. The van der Waals surface area contributed by atoms with E-state index in [0.717, 1.165) is 54.8 Å². The Bertz CT molecular complexity index is 1440. The number of anilines is 2. The van der Waals surface area contributed by atoms with Crippen LogP contribution in [-0.4, -0.2) is 41.7 Å². The van der Waals surface area contributed by atoms with Gasteiger partial charge in [-0.05, 0) is 55.5 Å². The average molecular weight is 481 g/mol. The predicted molar refractivity (Wildman–Crippen MR) is 130 cm³/mol. The lowest BCUT2D eigenvalue weighted by molar-refractivity contribution is 0.437. The molecule has 0 radical (unpaired) electrons. The van der Waals surface area contributed by atoms with E-state index in [9.17, 15) is 12.8 Å². The van der Waals surface area contributed by atoms with E-state index < -0.39 is 15.8 Å². The van der Waals surface area contributed by atoms with Gasteiger partial charge in [0.25, 0.3) is 10.0 Å². The molecule has 1 fully saturated rings. The third-order valence-corrected chi connectivity index (χ3v) is 7.54. The predicted octanol–water partition coefficient (Wildman–Crippen LogP) is 4.50. The zero-order valence-corrected chi connectivity index (χ0v) is 19.7. The highest BCUT2D eigenvalue weighted by Gasteiger charge is 2.22. The summed E-state index contributed by atoms with van der Waals surface area (Å²) >= 11 is 0. The van der Waals surface area contributed by atoms with E-state index in [4.69, 9.17) is 0 Å². The second-order valence-electron chi connectivity index (χ2n) is 8.79. The van der Waals surface area contributed by atoms with Gasteiger partial charge < -0.3 is 4.90 Å². The fourth-order valence-electron chi connectivity index (χ4n) is 4.11. The minimum atomic E-state index is -4.06. The van der Waals surface area contributed by atoms with Crippen LogP contribution in [0, 0.1) is 18.7 Å². The fourth-order valence-corrected chi connectivity index (χ4v) is 5.33. The molecule has 0 unspecified atom stereocenters. The number of benzene rings is 2. The van der Waals surface area contributed by atoms with Crippen LogP contribution in [0.1, 0.15) is 25.3 Å². The molecule has 2 N–H and O–H groups in total. The highest BCUT2D eigenvalue weighted by atomic mass is 32.2. The number of sulfonamides is 1. The number of fused-ring (bicyclic) bond motifs is 1. The summed E-state index contributed by atoms with van der Waals surface area (Å²) in [6.45, 7) is 5.88. The maximum atomic E-state index is 14.1. The van der Waals surface area contributed by atoms with E-state index in [2.05, 4.69) is 36.7 Å². The molecule has 0 saturated carbocycles. The Hall–Kier alpha value is -3.53. The van der Waals surface area contributed by atoms with Crippen LogP contribution in [-0.2, 0) is 10.0 Å². The summed E-state index contributed by atoms with van der Waals surface area (Å²) in [5.41, 5.74) is 3.72. The van der Waals surface area contributed by atoms with Gasteiger partial charge in [0.2, 0.25) is 0 Å². The van der Waals surface area contributed by atoms with Crippen molar-refractivity contribution in [3.63, 3.8) is 0 Å². The third kappa shape index (κ3) is 4.33. The first-order chi connectivity index (χ1) is 16.3. The lowest BCUT2D eigenvalue weighted by atomic mass is 9.99. The van der Waals surface area contributed by atoms with Crippen molar-refractivity contribution in [3.8, 4) is 11.3 Å². The van der Waals surface area contributed by atoms with Crippen molar-refractivity contribution < 1.29 is 12.8 Å². The van der Waals surface area contributed by atoms with Crippen LogP contribution in [0.2, 0.25) is 0 Å². The first-order valence-electron chi connectivity index (χ1n) is 11.2. The summed E-state index contributed by atoms with van der Waals surface area (Å²) in [7, 11) is -4.06. The van der Waals surface area contributed by atoms with Gasteiger partial charge in [-0.2, -0.15) is 5.10 Å². The van der Waals surface area contributed by atoms with Gasteiger partial charge in [0.1, 0.15) is 10.7 Å². The largest absolute Gasteiger partial charge is 0.353 e. The fraction of sp³-hybridized carbons (Fsp3) is 0.292. The quantitative estimate of drug-likeness (QED) is 0.436. The molecule has 1 saturated heterocycles. The molecular formula is C24H25FN6O2S. The lowest BCUT2D eigenvalue weighted by Gasteiger charge is -2.30. The lowest BCUT2D eigenvalue weighted by Crippen LogP contribution is -2.33. The Labute approximate surface area is 197 Å². The molecule has 3 heterocycles. The number of hydrogen-bond acceptors (Lipinski definition) is 6. The number of aromatic nitrogens is 4. The minimum Gasteiger partial charge on any atom is -0.353 e. The first-order valence-corrected chi connectivity index (χ1v) is 12.6. The maximum Gasteiger partial charge on any atom is 0.264 e. The van der Waals surface area contributed by atoms with E-state index in [1.807, 2.05) is 0 Å². The number of rotatable bonds is 5. The Morgan fingerprint density at radius 3 is 2.59 bits per heavy atom. The second kappa shape index (κ2) is 8.68. The van der Waals surface area contributed by atoms with Gasteiger partial charge in [0.15, 0.2) is 17.0 Å². The van der Waals surface area contributed by atoms with Crippen molar-refractivity contribution in [1.82, 2.24) is 20.2 Å². The van der Waals surface area contributed by atoms with Gasteiger partial charge in [-0.25, -0.2) is 22.8 Å². The van der Waals surface area contributed by atoms with E-state index >= 15 is 0 Å². The van der Waals surface area contributed by atoms with Crippen molar-refractivity contribution in [2.75, 3.05) is 22.7 Å². The molecule has 8 nitrogen and oxygen atoms in total. The highest BCUT2D eigenvalue weighted by Crippen LogP contribution is 2.28. The zero-order chi connectivity index (χ0) is 23.9. The molecule has 2 aromatic heterocycles. The number of nitrogens with one attached hydrogen (secondary N) is 2. The van der Waals surface area contributed by atoms with Crippen LogP contribution in [0.15, 0.2) is 53.6 Å². The van der Waals surface area contributed by atoms with E-state index in [1.165, 1.54) is 12.1 Å². The standard InChI is InChI=1S/C24H25FN6O2S/c1-15-9-11-31(12-10-15)24-22-23(28-29-24)27-20(14-26-22)17-4-6-18(7-5-17)30-34(32,33)21-13-16(2)3-8-19(21)25/h3-8,13-15,30H,9-12H2,1-2H3,(H,27,28,29). The molecule has 176 valence electrons. The van der Waals surface area contributed by atoms with Crippen molar-refractivity contribution >= 4 is 32.7 Å². The molecule has 0 aliphatic carbocycles. The molecule has 5 rings (SSSR count). The number of piperidine rings is 1. The van der Waals surface area contributed by atoms with Crippen LogP contribution in [0.3, 0.4) is 0 Å². The van der Waals surface area contributed by atoms with Crippen molar-refractivity contribution in [2.24, 2.45) is 5.92 Å². The van der Waals surface area contributed by atoms with Gasteiger partial charge in [-0.15, -0.1) is 0 Å². The average Bonchev–Trinajstić information content (AvgIpc) is 3.24. The summed E-state index contributed by atoms with van der Waals surface area (Å²) in [6, 6.07) is 10.7. The van der Waals surface area contributed by atoms with Crippen LogP contribution >= 0.6 is 0 Å². The van der Waals surface area contributed by atoms with E-state index in [-0.39, 0.29) is 4.90 Å². The van der Waals surface area contributed by atoms with Crippen molar-refractivity contribution in [3.05, 3.63) is 60.0 Å². The maximum absolute atomic E-state index is 14.1. The van der Waals surface area contributed by atoms with Gasteiger partial charge in [-0.1, -0.05) is 25.1 Å². The Kier molecular flexibility index (Phi) is 5.68. The monoisotopic (exact) mass is 480 g/mol. The third-order valence-electron chi connectivity index (χ3n) is 6.14.